The maximum atomic E-state index is 11.9. The molecule has 0 aromatic heterocycles. The molecule has 0 saturated carbocycles. The van der Waals surface area contributed by atoms with Crippen molar-refractivity contribution in [3.8, 4) is 0 Å². The molecular weight excluding hydrogens is 335 g/mol. The second kappa shape index (κ2) is 7.49. The van der Waals surface area contributed by atoms with E-state index < -0.39 is 5.91 Å². The lowest BCUT2D eigenvalue weighted by molar-refractivity contribution is -0.123. The highest BCUT2D eigenvalue weighted by Gasteiger charge is 2.11. The number of hydrogen-bond donors (Lipinski definition) is 2. The number of amides is 2. The third kappa shape index (κ3) is 5.27. The van der Waals surface area contributed by atoms with Gasteiger partial charge in [0.25, 0.3) is 0 Å². The Hall–Kier alpha value is -2.04. The molecule has 2 aromatic carbocycles. The minimum Gasteiger partial charge on any atom is -0.326 e. The molecule has 120 valence electrons. The van der Waals surface area contributed by atoms with Gasteiger partial charge in [0.2, 0.25) is 11.8 Å². The summed E-state index contributed by atoms with van der Waals surface area (Å²) in [5.74, 6) is -0.808. The molecule has 2 N–H and O–H groups in total. The molecule has 0 saturated heterocycles. The standard InChI is InChI=1S/C17H16Cl2N2O2/c1-10-5-11(2)7-13(6-10)21-17(23)9-16(22)20-12-3-4-14(18)15(19)8-12/h3-8H,9H2,1-2H3,(H,20,22)(H,21,23). The fourth-order valence-electron chi connectivity index (χ4n) is 2.18. The van der Waals surface area contributed by atoms with E-state index in [0.717, 1.165) is 11.1 Å². The van der Waals surface area contributed by atoms with E-state index in [0.29, 0.717) is 21.4 Å². The molecule has 0 aliphatic rings. The summed E-state index contributed by atoms with van der Waals surface area (Å²) in [5, 5.41) is 6.06. The van der Waals surface area contributed by atoms with E-state index in [1.54, 1.807) is 12.1 Å². The van der Waals surface area contributed by atoms with E-state index in [-0.39, 0.29) is 12.3 Å². The quantitative estimate of drug-likeness (QED) is 0.793. The van der Waals surface area contributed by atoms with Gasteiger partial charge in [0, 0.05) is 11.4 Å². The maximum absolute atomic E-state index is 11.9. The van der Waals surface area contributed by atoms with Gasteiger partial charge in [-0.15, -0.1) is 0 Å². The van der Waals surface area contributed by atoms with Gasteiger partial charge >= 0.3 is 0 Å². The molecule has 0 heterocycles. The van der Waals surface area contributed by atoms with Crippen molar-refractivity contribution >= 4 is 46.4 Å². The summed E-state index contributed by atoms with van der Waals surface area (Å²) in [4.78, 5) is 23.8. The Morgan fingerprint density at radius 2 is 1.39 bits per heavy atom. The van der Waals surface area contributed by atoms with Crippen molar-refractivity contribution in [3.63, 3.8) is 0 Å². The molecule has 0 bridgehead atoms. The first-order valence-corrected chi connectivity index (χ1v) is 7.72. The molecule has 0 fully saturated rings. The molecule has 0 spiro atoms. The van der Waals surface area contributed by atoms with Crippen LogP contribution < -0.4 is 10.6 Å². The van der Waals surface area contributed by atoms with Crippen molar-refractivity contribution in [2.45, 2.75) is 20.3 Å². The van der Waals surface area contributed by atoms with Crippen LogP contribution in [0, 0.1) is 13.8 Å². The summed E-state index contributed by atoms with van der Waals surface area (Å²) in [5.41, 5.74) is 3.25. The van der Waals surface area contributed by atoms with Gasteiger partial charge in [0.05, 0.1) is 10.0 Å². The summed E-state index contributed by atoms with van der Waals surface area (Å²) in [6, 6.07) is 10.4. The fraction of sp³-hybridized carbons (Fsp3) is 0.176. The van der Waals surface area contributed by atoms with Crippen LogP contribution in [-0.2, 0) is 9.59 Å². The average molecular weight is 351 g/mol. The third-order valence-corrected chi connectivity index (χ3v) is 3.77. The van der Waals surface area contributed by atoms with E-state index in [9.17, 15) is 9.59 Å². The number of nitrogens with one attached hydrogen (secondary N) is 2. The predicted molar refractivity (Wildman–Crippen MR) is 94.3 cm³/mol. The zero-order valence-electron chi connectivity index (χ0n) is 12.7. The molecule has 2 aromatic rings. The molecule has 0 radical (unpaired) electrons. The number of aryl methyl sites for hydroxylation is 2. The molecule has 2 rings (SSSR count). The van der Waals surface area contributed by atoms with Crippen molar-refractivity contribution in [3.05, 3.63) is 57.6 Å². The highest BCUT2D eigenvalue weighted by molar-refractivity contribution is 6.42. The lowest BCUT2D eigenvalue weighted by Gasteiger charge is -2.09. The Morgan fingerprint density at radius 1 is 0.826 bits per heavy atom. The molecule has 23 heavy (non-hydrogen) atoms. The highest BCUT2D eigenvalue weighted by Crippen LogP contribution is 2.25. The molecule has 0 aliphatic heterocycles. The number of benzene rings is 2. The minimum absolute atomic E-state index is 0.284. The summed E-state index contributed by atoms with van der Waals surface area (Å²) >= 11 is 11.7. The molecule has 2 amide bonds. The topological polar surface area (TPSA) is 58.2 Å². The Morgan fingerprint density at radius 3 is 1.96 bits per heavy atom. The summed E-state index contributed by atoms with van der Waals surface area (Å²) in [6.07, 6.45) is -0.284. The average Bonchev–Trinajstić information content (AvgIpc) is 2.41. The highest BCUT2D eigenvalue weighted by atomic mass is 35.5. The Bertz CT molecular complexity index is 740. The van der Waals surface area contributed by atoms with E-state index in [1.807, 2.05) is 32.0 Å². The summed E-state index contributed by atoms with van der Waals surface area (Å²) in [6.45, 7) is 3.89. The van der Waals surface area contributed by atoms with Gasteiger partial charge in [-0.05, 0) is 55.3 Å². The number of hydrogen-bond acceptors (Lipinski definition) is 2. The van der Waals surface area contributed by atoms with Crippen molar-refractivity contribution in [1.82, 2.24) is 0 Å². The van der Waals surface area contributed by atoms with Crippen LogP contribution >= 0.6 is 23.2 Å². The van der Waals surface area contributed by atoms with Crippen molar-refractivity contribution in [2.24, 2.45) is 0 Å². The van der Waals surface area contributed by atoms with Gasteiger partial charge in [-0.3, -0.25) is 9.59 Å². The van der Waals surface area contributed by atoms with E-state index in [2.05, 4.69) is 10.6 Å². The van der Waals surface area contributed by atoms with Crippen molar-refractivity contribution in [2.75, 3.05) is 10.6 Å². The van der Waals surface area contributed by atoms with Crippen molar-refractivity contribution in [1.29, 1.82) is 0 Å². The largest absolute Gasteiger partial charge is 0.326 e. The summed E-state index contributed by atoms with van der Waals surface area (Å²) in [7, 11) is 0. The van der Waals surface area contributed by atoms with Crippen LogP contribution in [0.15, 0.2) is 36.4 Å². The molecule has 6 heteroatoms. The second-order valence-corrected chi connectivity index (χ2v) is 6.09. The van der Waals surface area contributed by atoms with E-state index in [1.165, 1.54) is 6.07 Å². The normalized spacial score (nSPS) is 10.3. The number of rotatable bonds is 4. The Balaban J connectivity index is 1.94. The van der Waals surface area contributed by atoms with Gasteiger partial charge in [-0.2, -0.15) is 0 Å². The van der Waals surface area contributed by atoms with Gasteiger partial charge in [0.1, 0.15) is 6.42 Å². The van der Waals surface area contributed by atoms with Crippen molar-refractivity contribution < 1.29 is 9.59 Å². The molecule has 0 aliphatic carbocycles. The van der Waals surface area contributed by atoms with Crippen LogP contribution in [0.1, 0.15) is 17.5 Å². The van der Waals surface area contributed by atoms with Crippen LogP contribution in [0.25, 0.3) is 0 Å². The lowest BCUT2D eigenvalue weighted by atomic mass is 10.1. The van der Waals surface area contributed by atoms with Crippen LogP contribution in [0.2, 0.25) is 10.0 Å². The fourth-order valence-corrected chi connectivity index (χ4v) is 2.48. The zero-order valence-corrected chi connectivity index (χ0v) is 14.3. The predicted octanol–water partition coefficient (Wildman–Crippen LogP) is 4.58. The lowest BCUT2D eigenvalue weighted by Crippen LogP contribution is -2.21. The molecule has 0 unspecified atom stereocenters. The van der Waals surface area contributed by atoms with Crippen LogP contribution in [0.5, 0.6) is 0 Å². The van der Waals surface area contributed by atoms with E-state index >= 15 is 0 Å². The molecule has 0 atom stereocenters. The van der Waals surface area contributed by atoms with Gasteiger partial charge in [-0.25, -0.2) is 0 Å². The summed E-state index contributed by atoms with van der Waals surface area (Å²) < 4.78 is 0. The Kier molecular flexibility index (Phi) is 5.64. The number of halogens is 2. The molecular formula is C17H16Cl2N2O2. The second-order valence-electron chi connectivity index (χ2n) is 5.28. The monoisotopic (exact) mass is 350 g/mol. The van der Waals surface area contributed by atoms with Gasteiger partial charge in [-0.1, -0.05) is 29.3 Å². The Labute approximate surface area is 144 Å². The first kappa shape index (κ1) is 17.3. The first-order valence-electron chi connectivity index (χ1n) is 6.96. The minimum atomic E-state index is -0.426. The maximum Gasteiger partial charge on any atom is 0.233 e. The van der Waals surface area contributed by atoms with Crippen LogP contribution in [-0.4, -0.2) is 11.8 Å². The first-order chi connectivity index (χ1) is 10.8. The molecule has 4 nitrogen and oxygen atoms in total. The number of anilines is 2. The van der Waals surface area contributed by atoms with Crippen LogP contribution in [0.3, 0.4) is 0 Å². The zero-order chi connectivity index (χ0) is 17.0. The number of carbonyl (C=O) groups excluding carboxylic acids is 2. The van der Waals surface area contributed by atoms with E-state index in [4.69, 9.17) is 23.2 Å². The van der Waals surface area contributed by atoms with Gasteiger partial charge < -0.3 is 10.6 Å². The third-order valence-electron chi connectivity index (χ3n) is 3.03. The van der Waals surface area contributed by atoms with Crippen LogP contribution in [0.4, 0.5) is 11.4 Å². The van der Waals surface area contributed by atoms with Gasteiger partial charge in [0.15, 0.2) is 0 Å². The SMILES string of the molecule is Cc1cc(C)cc(NC(=O)CC(=O)Nc2ccc(Cl)c(Cl)c2)c1. The number of carbonyl (C=O) groups is 2. The smallest absolute Gasteiger partial charge is 0.233 e.